The Balaban J connectivity index is 1.49. The molecule has 0 amide bonds. The molecule has 1 saturated heterocycles. The highest BCUT2D eigenvalue weighted by Crippen LogP contribution is 2.20. The van der Waals surface area contributed by atoms with E-state index in [2.05, 4.69) is 40.2 Å². The molecule has 4 nitrogen and oxygen atoms in total. The van der Waals surface area contributed by atoms with Crippen LogP contribution in [0.5, 0.6) is 11.5 Å². The van der Waals surface area contributed by atoms with Crippen LogP contribution < -0.4 is 14.5 Å². The Hall–Kier alpha value is -1.56. The third-order valence-electron chi connectivity index (χ3n) is 4.83. The maximum absolute atomic E-state index is 10.0. The zero-order valence-corrected chi connectivity index (χ0v) is 16.3. The van der Waals surface area contributed by atoms with Gasteiger partial charge in [0.05, 0.1) is 6.61 Å². The lowest BCUT2D eigenvalue weighted by molar-refractivity contribution is -1.02. The van der Waals surface area contributed by atoms with Crippen LogP contribution in [-0.4, -0.2) is 37.9 Å². The molecule has 1 heterocycles. The van der Waals surface area contributed by atoms with E-state index in [1.165, 1.54) is 5.56 Å². The van der Waals surface area contributed by atoms with Gasteiger partial charge in [0.2, 0.25) is 0 Å². The van der Waals surface area contributed by atoms with Gasteiger partial charge in [0.25, 0.3) is 0 Å². The van der Waals surface area contributed by atoms with Gasteiger partial charge in [0.15, 0.2) is 0 Å². The number of aromatic hydroxyl groups is 1. The molecule has 0 aliphatic carbocycles. The Labute approximate surface area is 158 Å². The summed E-state index contributed by atoms with van der Waals surface area (Å²) in [6.45, 7) is 9.28. The number of hydrogen-bond acceptors (Lipinski definition) is 2. The number of ether oxygens (including phenoxy) is 1. The first-order valence-corrected chi connectivity index (χ1v) is 9.79. The first-order valence-electron chi connectivity index (χ1n) is 9.00. The number of piperazine rings is 1. The minimum atomic E-state index is 0.403. The largest absolute Gasteiger partial charge is 0.507 e. The molecule has 134 valence electrons. The van der Waals surface area contributed by atoms with Crippen molar-refractivity contribution >= 4 is 15.9 Å². The van der Waals surface area contributed by atoms with E-state index in [1.807, 2.05) is 19.1 Å². The van der Waals surface area contributed by atoms with Gasteiger partial charge in [-0.05, 0) is 49.4 Å². The van der Waals surface area contributed by atoms with Crippen LogP contribution in [-0.2, 0) is 13.1 Å². The maximum Gasteiger partial charge on any atom is 0.127 e. The van der Waals surface area contributed by atoms with E-state index < -0.39 is 0 Å². The summed E-state index contributed by atoms with van der Waals surface area (Å²) in [4.78, 5) is 3.18. The smallest absolute Gasteiger partial charge is 0.127 e. The van der Waals surface area contributed by atoms with E-state index in [0.29, 0.717) is 12.4 Å². The van der Waals surface area contributed by atoms with Gasteiger partial charge >= 0.3 is 0 Å². The van der Waals surface area contributed by atoms with Gasteiger partial charge in [0.1, 0.15) is 50.8 Å². The molecule has 0 saturated carbocycles. The summed E-state index contributed by atoms with van der Waals surface area (Å²) in [5.74, 6) is 1.35. The summed E-state index contributed by atoms with van der Waals surface area (Å²) in [7, 11) is 0. The van der Waals surface area contributed by atoms with Crippen LogP contribution in [0.1, 0.15) is 18.1 Å². The summed E-state index contributed by atoms with van der Waals surface area (Å²) in [6, 6.07) is 14.2. The average Bonchev–Trinajstić information content (AvgIpc) is 2.62. The minimum absolute atomic E-state index is 0.403. The summed E-state index contributed by atoms with van der Waals surface area (Å²) in [5.41, 5.74) is 2.39. The van der Waals surface area contributed by atoms with Crippen molar-refractivity contribution in [2.75, 3.05) is 32.8 Å². The highest BCUT2D eigenvalue weighted by atomic mass is 79.9. The van der Waals surface area contributed by atoms with E-state index in [1.54, 1.807) is 15.9 Å². The molecule has 1 aliphatic heterocycles. The number of hydrogen-bond donors (Lipinski definition) is 3. The molecule has 0 spiro atoms. The fraction of sp³-hybridized carbons (Fsp3) is 0.400. The second-order valence-corrected chi connectivity index (χ2v) is 7.62. The Morgan fingerprint density at radius 1 is 0.960 bits per heavy atom. The number of phenols is 1. The number of benzene rings is 2. The average molecular weight is 407 g/mol. The SMILES string of the molecule is CCOc1ccc(C[NH+]2CC[NH+](Cc3cc(Br)ccc3O)CC2)cc1. The molecule has 0 radical (unpaired) electrons. The molecule has 0 aromatic heterocycles. The van der Waals surface area contributed by atoms with Crippen LogP contribution >= 0.6 is 15.9 Å². The van der Waals surface area contributed by atoms with Crippen LogP contribution in [0.25, 0.3) is 0 Å². The van der Waals surface area contributed by atoms with Gasteiger partial charge in [-0.2, -0.15) is 0 Å². The first kappa shape index (κ1) is 18.2. The van der Waals surface area contributed by atoms with Gasteiger partial charge in [-0.3, -0.25) is 0 Å². The van der Waals surface area contributed by atoms with Crippen LogP contribution in [0.2, 0.25) is 0 Å². The lowest BCUT2D eigenvalue weighted by Gasteiger charge is -2.30. The highest BCUT2D eigenvalue weighted by molar-refractivity contribution is 9.10. The van der Waals surface area contributed by atoms with E-state index in [-0.39, 0.29) is 0 Å². The number of quaternary nitrogens is 2. The van der Waals surface area contributed by atoms with Gasteiger partial charge < -0.3 is 19.6 Å². The Kier molecular flexibility index (Phi) is 6.34. The maximum atomic E-state index is 10.0. The van der Waals surface area contributed by atoms with Gasteiger partial charge in [-0.15, -0.1) is 0 Å². The molecule has 25 heavy (non-hydrogen) atoms. The van der Waals surface area contributed by atoms with E-state index in [9.17, 15) is 5.11 Å². The van der Waals surface area contributed by atoms with Crippen LogP contribution in [0.15, 0.2) is 46.9 Å². The van der Waals surface area contributed by atoms with E-state index in [0.717, 1.165) is 55.1 Å². The predicted octanol–water partition coefficient (Wildman–Crippen LogP) is 1.04. The lowest BCUT2D eigenvalue weighted by atomic mass is 10.1. The fourth-order valence-electron chi connectivity index (χ4n) is 3.43. The molecule has 0 unspecified atom stereocenters. The molecule has 3 N–H and O–H groups in total. The summed E-state index contributed by atoms with van der Waals surface area (Å²) >= 11 is 3.49. The molecule has 0 bridgehead atoms. The van der Waals surface area contributed by atoms with Gasteiger partial charge in [0, 0.05) is 15.6 Å². The normalized spacial score (nSPS) is 20.4. The molecule has 2 aromatic carbocycles. The summed E-state index contributed by atoms with van der Waals surface area (Å²) in [5, 5.41) is 10.0. The second-order valence-electron chi connectivity index (χ2n) is 6.70. The molecule has 5 heteroatoms. The monoisotopic (exact) mass is 406 g/mol. The summed E-state index contributed by atoms with van der Waals surface area (Å²) < 4.78 is 6.53. The Morgan fingerprint density at radius 3 is 2.24 bits per heavy atom. The molecule has 1 fully saturated rings. The van der Waals surface area contributed by atoms with Gasteiger partial charge in [-0.25, -0.2) is 0 Å². The zero-order chi connectivity index (χ0) is 17.6. The Morgan fingerprint density at radius 2 is 1.60 bits per heavy atom. The molecule has 3 rings (SSSR count). The van der Waals surface area contributed by atoms with Crippen molar-refractivity contribution in [3.63, 3.8) is 0 Å². The van der Waals surface area contributed by atoms with Crippen LogP contribution in [0.4, 0.5) is 0 Å². The number of rotatable bonds is 6. The zero-order valence-electron chi connectivity index (χ0n) is 14.7. The quantitative estimate of drug-likeness (QED) is 0.670. The number of phenolic OH excluding ortho intramolecular Hbond substituents is 1. The van der Waals surface area contributed by atoms with Crippen molar-refractivity contribution in [3.8, 4) is 11.5 Å². The fourth-order valence-corrected chi connectivity index (χ4v) is 3.84. The molecule has 2 aromatic rings. The Bertz CT molecular complexity index is 683. The number of nitrogens with one attached hydrogen (secondary N) is 2. The number of halogens is 1. The third-order valence-corrected chi connectivity index (χ3v) is 5.33. The van der Waals surface area contributed by atoms with E-state index >= 15 is 0 Å². The molecule has 1 aliphatic rings. The van der Waals surface area contributed by atoms with Crippen molar-refractivity contribution in [2.45, 2.75) is 20.0 Å². The van der Waals surface area contributed by atoms with Crippen LogP contribution in [0, 0.1) is 0 Å². The van der Waals surface area contributed by atoms with Crippen LogP contribution in [0.3, 0.4) is 0 Å². The predicted molar refractivity (Wildman–Crippen MR) is 102 cm³/mol. The molecule has 0 atom stereocenters. The van der Waals surface area contributed by atoms with Crippen molar-refractivity contribution in [1.29, 1.82) is 0 Å². The standard InChI is InChI=1S/C20H25BrN2O2/c1-2-25-19-6-3-16(4-7-19)14-22-9-11-23(12-10-22)15-17-13-18(21)5-8-20(17)24/h3-8,13,24H,2,9-12,14-15H2,1H3/p+2. The minimum Gasteiger partial charge on any atom is -0.507 e. The second kappa shape index (κ2) is 8.70. The highest BCUT2D eigenvalue weighted by Gasteiger charge is 2.24. The van der Waals surface area contributed by atoms with Crippen molar-refractivity contribution in [2.24, 2.45) is 0 Å². The topological polar surface area (TPSA) is 38.3 Å². The van der Waals surface area contributed by atoms with Gasteiger partial charge in [-0.1, -0.05) is 15.9 Å². The summed E-state index contributed by atoms with van der Waals surface area (Å²) in [6.07, 6.45) is 0. The first-order chi connectivity index (χ1) is 12.1. The third kappa shape index (κ3) is 5.21. The van der Waals surface area contributed by atoms with Crippen molar-refractivity contribution < 1.29 is 19.6 Å². The molecular formula is C20H27BrN2O2+2. The van der Waals surface area contributed by atoms with E-state index in [4.69, 9.17) is 4.74 Å². The lowest BCUT2D eigenvalue weighted by Crippen LogP contribution is -3.27. The van der Waals surface area contributed by atoms with Crippen molar-refractivity contribution in [1.82, 2.24) is 0 Å². The molecular weight excluding hydrogens is 380 g/mol. The van der Waals surface area contributed by atoms with Crippen molar-refractivity contribution in [3.05, 3.63) is 58.1 Å².